The normalized spacial score (nSPS) is 20.9. The number of likely N-dealkylation sites (tertiary alicyclic amines) is 1. The van der Waals surface area contributed by atoms with E-state index in [0.29, 0.717) is 17.2 Å². The van der Waals surface area contributed by atoms with Crippen molar-refractivity contribution in [1.29, 1.82) is 5.26 Å². The van der Waals surface area contributed by atoms with Crippen LogP contribution in [0.2, 0.25) is 0 Å². The molecular weight excluding hydrogens is 250 g/mol. The third-order valence-electron chi connectivity index (χ3n) is 3.92. The number of anilines is 1. The van der Waals surface area contributed by atoms with Crippen LogP contribution in [-0.2, 0) is 4.79 Å². The second-order valence-electron chi connectivity index (χ2n) is 5.56. The molecule has 1 aromatic carbocycles. The first kappa shape index (κ1) is 14.5. The number of amides is 1. The minimum Gasteiger partial charge on any atom is -0.324 e. The van der Waals surface area contributed by atoms with E-state index in [9.17, 15) is 4.79 Å². The summed E-state index contributed by atoms with van der Waals surface area (Å²) >= 11 is 0. The molecule has 2 rings (SSSR count). The lowest BCUT2D eigenvalue weighted by molar-refractivity contribution is -0.121. The van der Waals surface area contributed by atoms with Crippen LogP contribution in [0.1, 0.15) is 32.3 Å². The van der Waals surface area contributed by atoms with Crippen molar-refractivity contribution in [3.05, 3.63) is 29.8 Å². The summed E-state index contributed by atoms with van der Waals surface area (Å²) in [4.78, 5) is 14.5. The highest BCUT2D eigenvalue weighted by Gasteiger charge is 2.25. The Balaban J connectivity index is 2.02. The third kappa shape index (κ3) is 3.37. The number of rotatable bonds is 3. The molecule has 0 spiro atoms. The Hall–Kier alpha value is -1.86. The predicted molar refractivity (Wildman–Crippen MR) is 79.2 cm³/mol. The molecule has 1 amide bonds. The molecule has 1 fully saturated rings. The first-order valence-corrected chi connectivity index (χ1v) is 7.16. The molecule has 4 nitrogen and oxygen atoms in total. The molecule has 20 heavy (non-hydrogen) atoms. The van der Waals surface area contributed by atoms with Gasteiger partial charge in [0, 0.05) is 6.54 Å². The summed E-state index contributed by atoms with van der Waals surface area (Å²) in [5.74, 6) is 0.604. The standard InChI is InChI=1S/C16H21N3O/c1-12-6-5-9-19(11-12)13(2)16(20)18-15-8-4-3-7-14(15)10-17/h3-4,7-8,12-13H,5-6,9,11H2,1-2H3,(H,18,20)/t12-,13+/m0/s1. The summed E-state index contributed by atoms with van der Waals surface area (Å²) in [5, 5.41) is 11.9. The predicted octanol–water partition coefficient (Wildman–Crippen LogP) is 2.62. The summed E-state index contributed by atoms with van der Waals surface area (Å²) < 4.78 is 0. The number of carbonyl (C=O) groups is 1. The van der Waals surface area contributed by atoms with E-state index < -0.39 is 0 Å². The van der Waals surface area contributed by atoms with Crippen LogP contribution < -0.4 is 5.32 Å². The quantitative estimate of drug-likeness (QED) is 0.919. The molecular formula is C16H21N3O. The minimum absolute atomic E-state index is 0.0400. The smallest absolute Gasteiger partial charge is 0.241 e. The van der Waals surface area contributed by atoms with E-state index in [1.807, 2.05) is 13.0 Å². The van der Waals surface area contributed by atoms with E-state index in [-0.39, 0.29) is 11.9 Å². The topological polar surface area (TPSA) is 56.1 Å². The van der Waals surface area contributed by atoms with Crippen LogP contribution in [0.25, 0.3) is 0 Å². The molecule has 0 aliphatic carbocycles. The number of hydrogen-bond donors (Lipinski definition) is 1. The van der Waals surface area contributed by atoms with E-state index >= 15 is 0 Å². The molecule has 106 valence electrons. The molecule has 4 heteroatoms. The molecule has 1 aliphatic heterocycles. The zero-order valence-corrected chi connectivity index (χ0v) is 12.1. The summed E-state index contributed by atoms with van der Waals surface area (Å²) in [6, 6.07) is 9.03. The van der Waals surface area contributed by atoms with Gasteiger partial charge in [-0.25, -0.2) is 0 Å². The largest absolute Gasteiger partial charge is 0.324 e. The highest BCUT2D eigenvalue weighted by molar-refractivity contribution is 5.95. The van der Waals surface area contributed by atoms with Gasteiger partial charge < -0.3 is 5.32 Å². The average molecular weight is 271 g/mol. The van der Waals surface area contributed by atoms with Crippen molar-refractivity contribution in [3.8, 4) is 6.07 Å². The second-order valence-corrected chi connectivity index (χ2v) is 5.56. The first-order chi connectivity index (χ1) is 9.61. The van der Waals surface area contributed by atoms with Gasteiger partial charge in [0.1, 0.15) is 6.07 Å². The Bertz CT molecular complexity index is 521. The van der Waals surface area contributed by atoms with Gasteiger partial charge in [-0.3, -0.25) is 9.69 Å². The van der Waals surface area contributed by atoms with E-state index in [4.69, 9.17) is 5.26 Å². The van der Waals surface area contributed by atoms with Gasteiger partial charge in [0.2, 0.25) is 5.91 Å². The molecule has 1 heterocycles. The molecule has 1 aromatic rings. The van der Waals surface area contributed by atoms with Crippen molar-refractivity contribution in [1.82, 2.24) is 4.90 Å². The monoisotopic (exact) mass is 271 g/mol. The molecule has 2 atom stereocenters. The molecule has 1 saturated heterocycles. The van der Waals surface area contributed by atoms with Crippen LogP contribution in [0.15, 0.2) is 24.3 Å². The lowest BCUT2D eigenvalue weighted by Crippen LogP contribution is -2.46. The fraction of sp³-hybridized carbons (Fsp3) is 0.500. The van der Waals surface area contributed by atoms with Gasteiger partial charge >= 0.3 is 0 Å². The van der Waals surface area contributed by atoms with Gasteiger partial charge in [-0.2, -0.15) is 5.26 Å². The van der Waals surface area contributed by atoms with Crippen molar-refractivity contribution in [2.45, 2.75) is 32.7 Å². The number of hydrogen-bond acceptors (Lipinski definition) is 3. The summed E-state index contributed by atoms with van der Waals surface area (Å²) in [6.45, 7) is 6.09. The number of nitrogens with one attached hydrogen (secondary N) is 1. The maximum atomic E-state index is 12.3. The van der Waals surface area contributed by atoms with Crippen LogP contribution in [0.3, 0.4) is 0 Å². The van der Waals surface area contributed by atoms with Crippen molar-refractivity contribution in [2.75, 3.05) is 18.4 Å². The number of para-hydroxylation sites is 1. The molecule has 0 radical (unpaired) electrons. The Kier molecular flexibility index (Phi) is 4.75. The number of benzene rings is 1. The SMILES string of the molecule is C[C@H]1CCCN([C@H](C)C(=O)Nc2ccccc2C#N)C1. The zero-order chi connectivity index (χ0) is 14.5. The highest BCUT2D eigenvalue weighted by atomic mass is 16.2. The molecule has 0 saturated carbocycles. The van der Waals surface area contributed by atoms with E-state index in [1.165, 1.54) is 6.42 Å². The molecule has 1 N–H and O–H groups in total. The highest BCUT2D eigenvalue weighted by Crippen LogP contribution is 2.19. The van der Waals surface area contributed by atoms with Gasteiger partial charge in [0.15, 0.2) is 0 Å². The number of piperidine rings is 1. The number of nitriles is 1. The Morgan fingerprint density at radius 3 is 2.95 bits per heavy atom. The fourth-order valence-corrected chi connectivity index (χ4v) is 2.67. The van der Waals surface area contributed by atoms with Crippen LogP contribution in [-0.4, -0.2) is 29.9 Å². The zero-order valence-electron chi connectivity index (χ0n) is 12.1. The van der Waals surface area contributed by atoms with Gasteiger partial charge in [-0.1, -0.05) is 19.1 Å². The van der Waals surface area contributed by atoms with E-state index in [1.54, 1.807) is 18.2 Å². The van der Waals surface area contributed by atoms with Crippen LogP contribution >= 0.6 is 0 Å². The average Bonchev–Trinajstić information content (AvgIpc) is 2.47. The lowest BCUT2D eigenvalue weighted by atomic mass is 9.99. The van der Waals surface area contributed by atoms with E-state index in [0.717, 1.165) is 19.5 Å². The number of nitrogens with zero attached hydrogens (tertiary/aromatic N) is 2. The van der Waals surface area contributed by atoms with E-state index in [2.05, 4.69) is 23.2 Å². The Morgan fingerprint density at radius 1 is 1.50 bits per heavy atom. The van der Waals surface area contributed by atoms with Crippen molar-refractivity contribution < 1.29 is 4.79 Å². The van der Waals surface area contributed by atoms with Crippen molar-refractivity contribution >= 4 is 11.6 Å². The van der Waals surface area contributed by atoms with Crippen LogP contribution in [0, 0.1) is 17.2 Å². The van der Waals surface area contributed by atoms with Gasteiger partial charge in [0.05, 0.1) is 17.3 Å². The molecule has 0 unspecified atom stereocenters. The Labute approximate surface area is 120 Å². The fourth-order valence-electron chi connectivity index (χ4n) is 2.67. The third-order valence-corrected chi connectivity index (χ3v) is 3.92. The minimum atomic E-state index is -0.163. The molecule has 0 bridgehead atoms. The van der Waals surface area contributed by atoms with Crippen molar-refractivity contribution in [2.24, 2.45) is 5.92 Å². The molecule has 0 aromatic heterocycles. The first-order valence-electron chi connectivity index (χ1n) is 7.16. The van der Waals surface area contributed by atoms with Crippen molar-refractivity contribution in [3.63, 3.8) is 0 Å². The summed E-state index contributed by atoms with van der Waals surface area (Å²) in [5.41, 5.74) is 1.09. The van der Waals surface area contributed by atoms with Gasteiger partial charge in [-0.15, -0.1) is 0 Å². The maximum Gasteiger partial charge on any atom is 0.241 e. The van der Waals surface area contributed by atoms with Crippen LogP contribution in [0.4, 0.5) is 5.69 Å². The Morgan fingerprint density at radius 2 is 2.25 bits per heavy atom. The summed E-state index contributed by atoms with van der Waals surface area (Å²) in [7, 11) is 0. The summed E-state index contributed by atoms with van der Waals surface area (Å²) in [6.07, 6.45) is 2.38. The van der Waals surface area contributed by atoms with Gasteiger partial charge in [-0.05, 0) is 44.4 Å². The number of carbonyl (C=O) groups excluding carboxylic acids is 1. The maximum absolute atomic E-state index is 12.3. The molecule has 1 aliphatic rings. The van der Waals surface area contributed by atoms with Gasteiger partial charge in [0.25, 0.3) is 0 Å². The van der Waals surface area contributed by atoms with Crippen LogP contribution in [0.5, 0.6) is 0 Å². The second kappa shape index (κ2) is 6.53. The lowest BCUT2D eigenvalue weighted by Gasteiger charge is -2.34.